The second kappa shape index (κ2) is 10.3. The first-order valence-electron chi connectivity index (χ1n) is 15.2. The minimum absolute atomic E-state index is 0.475. The fraction of sp³-hybridized carbons (Fsp3) is 0.0238. The van der Waals surface area contributed by atoms with Gasteiger partial charge in [-0.3, -0.25) is 0 Å². The summed E-state index contributed by atoms with van der Waals surface area (Å²) in [6, 6.07) is 56.2. The Bertz CT molecular complexity index is 2210. The standard InChI is InChI=1S/C42H26INO/c43-40-31(27-13-3-1-4-14-27)26-37(28-15-5-2-6-16-28)44-41(40)29-23-24-34-32(25-29)30-17-7-8-18-33(30)42(34)35-19-9-11-21-38(35)45-39-22-12-10-20-36(39)42/h1-26H. The summed E-state index contributed by atoms with van der Waals surface area (Å²) >= 11 is 2.49. The zero-order valence-electron chi connectivity index (χ0n) is 24.2. The van der Waals surface area contributed by atoms with Crippen LogP contribution in [0.25, 0.3) is 44.8 Å². The van der Waals surface area contributed by atoms with Crippen LogP contribution in [0.1, 0.15) is 22.3 Å². The second-order valence-electron chi connectivity index (χ2n) is 11.6. The van der Waals surface area contributed by atoms with Crippen molar-refractivity contribution in [2.75, 3.05) is 0 Å². The number of rotatable bonds is 3. The van der Waals surface area contributed by atoms with Gasteiger partial charge in [0.2, 0.25) is 0 Å². The van der Waals surface area contributed by atoms with E-state index in [2.05, 4.69) is 180 Å². The van der Waals surface area contributed by atoms with Gasteiger partial charge in [-0.2, -0.15) is 0 Å². The monoisotopic (exact) mass is 687 g/mol. The Labute approximate surface area is 276 Å². The molecule has 1 aromatic heterocycles. The van der Waals surface area contributed by atoms with E-state index in [0.29, 0.717) is 0 Å². The highest BCUT2D eigenvalue weighted by Crippen LogP contribution is 2.62. The predicted molar refractivity (Wildman–Crippen MR) is 191 cm³/mol. The number of para-hydroxylation sites is 2. The second-order valence-corrected chi connectivity index (χ2v) is 12.7. The predicted octanol–water partition coefficient (Wildman–Crippen LogP) is 11.2. The first kappa shape index (κ1) is 26.4. The van der Waals surface area contributed by atoms with Crippen LogP contribution < -0.4 is 4.74 Å². The average molecular weight is 688 g/mol. The van der Waals surface area contributed by atoms with Crippen LogP contribution >= 0.6 is 22.6 Å². The maximum atomic E-state index is 6.50. The lowest BCUT2D eigenvalue weighted by Crippen LogP contribution is -2.32. The van der Waals surface area contributed by atoms with E-state index in [-0.39, 0.29) is 0 Å². The molecule has 0 bridgehead atoms. The number of pyridine rings is 1. The van der Waals surface area contributed by atoms with Crippen LogP contribution in [-0.4, -0.2) is 4.98 Å². The molecule has 6 aromatic carbocycles. The van der Waals surface area contributed by atoms with E-state index < -0.39 is 5.41 Å². The van der Waals surface area contributed by atoms with Crippen molar-refractivity contribution >= 4 is 22.6 Å². The molecular formula is C42H26INO. The Morgan fingerprint density at radius 2 is 1.00 bits per heavy atom. The maximum Gasteiger partial charge on any atom is 0.132 e. The molecular weight excluding hydrogens is 661 g/mol. The Kier molecular flexibility index (Phi) is 6.03. The summed E-state index contributed by atoms with van der Waals surface area (Å²) < 4.78 is 7.64. The van der Waals surface area contributed by atoms with Gasteiger partial charge in [-0.05, 0) is 80.2 Å². The van der Waals surface area contributed by atoms with E-state index in [0.717, 1.165) is 37.6 Å². The lowest BCUT2D eigenvalue weighted by atomic mass is 9.66. The highest BCUT2D eigenvalue weighted by Gasteiger charge is 2.50. The zero-order chi connectivity index (χ0) is 30.0. The van der Waals surface area contributed by atoms with Crippen molar-refractivity contribution < 1.29 is 4.74 Å². The molecule has 0 amide bonds. The van der Waals surface area contributed by atoms with Crippen molar-refractivity contribution in [1.29, 1.82) is 0 Å². The van der Waals surface area contributed by atoms with Gasteiger partial charge in [0.15, 0.2) is 0 Å². The van der Waals surface area contributed by atoms with E-state index in [4.69, 9.17) is 9.72 Å². The summed E-state index contributed by atoms with van der Waals surface area (Å²) in [6.45, 7) is 0. The molecule has 212 valence electrons. The fourth-order valence-electron chi connectivity index (χ4n) is 7.31. The number of fused-ring (bicyclic) bond motifs is 9. The lowest BCUT2D eigenvalue weighted by molar-refractivity contribution is 0.436. The van der Waals surface area contributed by atoms with Gasteiger partial charge in [-0.15, -0.1) is 0 Å². The SMILES string of the molecule is Ic1c(-c2ccccc2)cc(-c2ccccc2)nc1-c1ccc2c(c1)-c1ccccc1C21c2ccccc2Oc2ccccc21. The molecule has 1 aliphatic carbocycles. The van der Waals surface area contributed by atoms with Gasteiger partial charge in [-0.1, -0.05) is 133 Å². The quantitative estimate of drug-likeness (QED) is 0.173. The van der Waals surface area contributed by atoms with Crippen LogP contribution in [0.3, 0.4) is 0 Å². The van der Waals surface area contributed by atoms with Crippen LogP contribution in [0.2, 0.25) is 0 Å². The Morgan fingerprint density at radius 1 is 0.444 bits per heavy atom. The smallest absolute Gasteiger partial charge is 0.132 e. The largest absolute Gasteiger partial charge is 0.457 e. The molecule has 0 N–H and O–H groups in total. The molecule has 0 saturated heterocycles. The molecule has 1 spiro atoms. The van der Waals surface area contributed by atoms with Crippen molar-refractivity contribution in [2.45, 2.75) is 5.41 Å². The van der Waals surface area contributed by atoms with Gasteiger partial charge in [0.1, 0.15) is 11.5 Å². The van der Waals surface area contributed by atoms with Crippen LogP contribution in [0.5, 0.6) is 11.5 Å². The molecule has 0 atom stereocenters. The summed E-state index contributed by atoms with van der Waals surface area (Å²) in [5.41, 5.74) is 13.4. The van der Waals surface area contributed by atoms with Gasteiger partial charge >= 0.3 is 0 Å². The number of hydrogen-bond acceptors (Lipinski definition) is 2. The van der Waals surface area contributed by atoms with Gasteiger partial charge in [-0.25, -0.2) is 4.98 Å². The third kappa shape index (κ3) is 3.90. The number of benzene rings is 6. The Balaban J connectivity index is 1.32. The molecule has 7 aromatic rings. The van der Waals surface area contributed by atoms with E-state index in [9.17, 15) is 0 Å². The number of halogens is 1. The number of nitrogens with zero attached hydrogens (tertiary/aromatic N) is 1. The first-order valence-corrected chi connectivity index (χ1v) is 16.2. The summed E-state index contributed by atoms with van der Waals surface area (Å²) in [5, 5.41) is 0. The molecule has 2 nitrogen and oxygen atoms in total. The van der Waals surface area contributed by atoms with E-state index in [1.807, 2.05) is 0 Å². The topological polar surface area (TPSA) is 22.1 Å². The number of hydrogen-bond donors (Lipinski definition) is 0. The van der Waals surface area contributed by atoms with Crippen LogP contribution in [0, 0.1) is 3.57 Å². The molecule has 0 unspecified atom stereocenters. The summed E-state index contributed by atoms with van der Waals surface area (Å²) in [4.78, 5) is 5.33. The molecule has 3 heteroatoms. The molecule has 2 heterocycles. The van der Waals surface area contributed by atoms with Crippen LogP contribution in [-0.2, 0) is 5.41 Å². The summed E-state index contributed by atoms with van der Waals surface area (Å²) in [7, 11) is 0. The molecule has 0 radical (unpaired) electrons. The number of aromatic nitrogens is 1. The number of ether oxygens (including phenoxy) is 1. The van der Waals surface area contributed by atoms with Crippen molar-refractivity contribution in [1.82, 2.24) is 4.98 Å². The van der Waals surface area contributed by atoms with Gasteiger partial charge in [0.05, 0.1) is 16.8 Å². The Morgan fingerprint density at radius 3 is 1.69 bits per heavy atom. The molecule has 1 aliphatic heterocycles. The maximum absolute atomic E-state index is 6.50. The van der Waals surface area contributed by atoms with E-state index in [1.54, 1.807) is 0 Å². The van der Waals surface area contributed by atoms with Gasteiger partial charge in [0.25, 0.3) is 0 Å². The Hall–Kier alpha value is -5.00. The first-order chi connectivity index (χ1) is 22.2. The third-order valence-corrected chi connectivity index (χ3v) is 10.3. The van der Waals surface area contributed by atoms with Crippen molar-refractivity contribution in [3.8, 4) is 56.3 Å². The third-order valence-electron chi connectivity index (χ3n) is 9.23. The molecule has 0 fully saturated rings. The van der Waals surface area contributed by atoms with Crippen LogP contribution in [0.15, 0.2) is 158 Å². The molecule has 9 rings (SSSR count). The molecule has 0 saturated carbocycles. The summed E-state index contributed by atoms with van der Waals surface area (Å²) in [6.07, 6.45) is 0. The van der Waals surface area contributed by atoms with Crippen LogP contribution in [0.4, 0.5) is 0 Å². The highest BCUT2D eigenvalue weighted by atomic mass is 127. The minimum Gasteiger partial charge on any atom is -0.457 e. The zero-order valence-corrected chi connectivity index (χ0v) is 26.4. The molecule has 2 aliphatic rings. The van der Waals surface area contributed by atoms with E-state index >= 15 is 0 Å². The fourth-order valence-corrected chi connectivity index (χ4v) is 8.21. The van der Waals surface area contributed by atoms with Crippen molar-refractivity contribution in [2.24, 2.45) is 0 Å². The van der Waals surface area contributed by atoms with Gasteiger partial charge < -0.3 is 4.74 Å². The average Bonchev–Trinajstić information content (AvgIpc) is 3.39. The minimum atomic E-state index is -0.475. The van der Waals surface area contributed by atoms with E-state index in [1.165, 1.54) is 44.5 Å². The van der Waals surface area contributed by atoms with Gasteiger partial charge in [0, 0.05) is 25.8 Å². The highest BCUT2D eigenvalue weighted by molar-refractivity contribution is 14.1. The molecule has 45 heavy (non-hydrogen) atoms. The summed E-state index contributed by atoms with van der Waals surface area (Å²) in [5.74, 6) is 1.81. The lowest BCUT2D eigenvalue weighted by Gasteiger charge is -2.39. The van der Waals surface area contributed by atoms with Crippen molar-refractivity contribution in [3.05, 3.63) is 184 Å². The van der Waals surface area contributed by atoms with Crippen molar-refractivity contribution in [3.63, 3.8) is 0 Å². The normalized spacial score (nSPS) is 13.4.